The summed E-state index contributed by atoms with van der Waals surface area (Å²) in [5, 5.41) is 0. The number of ether oxygens (including phenoxy) is 1. The van der Waals surface area contributed by atoms with Gasteiger partial charge in [-0.25, -0.2) is 8.42 Å². The van der Waals surface area contributed by atoms with E-state index < -0.39 is 10.0 Å². The van der Waals surface area contributed by atoms with Gasteiger partial charge in [-0.1, -0.05) is 12.1 Å². The van der Waals surface area contributed by atoms with E-state index in [1.807, 2.05) is 0 Å². The van der Waals surface area contributed by atoms with Crippen LogP contribution in [-0.4, -0.2) is 21.3 Å². The molecule has 4 nitrogen and oxygen atoms in total. The van der Waals surface area contributed by atoms with Gasteiger partial charge in [-0.05, 0) is 19.1 Å². The molecule has 0 spiro atoms. The van der Waals surface area contributed by atoms with Crippen molar-refractivity contribution < 1.29 is 13.2 Å². The third-order valence-electron chi connectivity index (χ3n) is 1.75. The lowest BCUT2D eigenvalue weighted by molar-refractivity contribution is 0.417. The van der Waals surface area contributed by atoms with Crippen molar-refractivity contribution in [2.24, 2.45) is 0 Å². The van der Waals surface area contributed by atoms with Gasteiger partial charge in [0.2, 0.25) is 10.0 Å². The molecule has 0 amide bonds. The largest absolute Gasteiger partial charge is 0.495 e. The highest BCUT2D eigenvalue weighted by atomic mass is 32.2. The summed E-state index contributed by atoms with van der Waals surface area (Å²) in [4.78, 5) is 0. The average molecular weight is 215 g/mol. The van der Waals surface area contributed by atoms with Crippen molar-refractivity contribution in [3.8, 4) is 5.75 Å². The molecule has 78 valence electrons. The minimum Gasteiger partial charge on any atom is -0.495 e. The molecule has 1 rings (SSSR count). The fourth-order valence-electron chi connectivity index (χ4n) is 0.969. The summed E-state index contributed by atoms with van der Waals surface area (Å²) < 4.78 is 30.0. The molecule has 0 aliphatic heterocycles. The number of hydrogen-bond donors (Lipinski definition) is 1. The first-order valence-electron chi connectivity index (χ1n) is 4.22. The molecule has 0 saturated heterocycles. The minimum atomic E-state index is -3.24. The number of para-hydroxylation sites is 2. The Morgan fingerprint density at radius 1 is 1.36 bits per heavy atom. The first-order chi connectivity index (χ1) is 6.59. The second-order valence-corrected chi connectivity index (χ2v) is 4.72. The molecule has 1 N–H and O–H groups in total. The fraction of sp³-hybridized carbons (Fsp3) is 0.333. The molecule has 1 aromatic rings. The van der Waals surface area contributed by atoms with Crippen molar-refractivity contribution in [2.45, 2.75) is 6.92 Å². The zero-order valence-corrected chi connectivity index (χ0v) is 8.97. The molecule has 0 aromatic heterocycles. The average Bonchev–Trinajstić information content (AvgIpc) is 2.18. The summed E-state index contributed by atoms with van der Waals surface area (Å²) in [5.74, 6) is 0.565. The molecule has 0 saturated carbocycles. The van der Waals surface area contributed by atoms with Gasteiger partial charge in [-0.2, -0.15) is 0 Å². The van der Waals surface area contributed by atoms with Crippen LogP contribution in [0.3, 0.4) is 0 Å². The van der Waals surface area contributed by atoms with Gasteiger partial charge < -0.3 is 4.74 Å². The van der Waals surface area contributed by atoms with Gasteiger partial charge in [-0.3, -0.25) is 4.72 Å². The topological polar surface area (TPSA) is 55.4 Å². The smallest absolute Gasteiger partial charge is 0.232 e. The van der Waals surface area contributed by atoms with E-state index in [1.165, 1.54) is 7.11 Å². The molecular weight excluding hydrogens is 202 g/mol. The van der Waals surface area contributed by atoms with Crippen molar-refractivity contribution >= 4 is 15.7 Å². The Hall–Kier alpha value is -1.23. The molecule has 14 heavy (non-hydrogen) atoms. The van der Waals surface area contributed by atoms with Crippen LogP contribution in [0, 0.1) is 0 Å². The van der Waals surface area contributed by atoms with E-state index in [-0.39, 0.29) is 5.75 Å². The van der Waals surface area contributed by atoms with Crippen LogP contribution >= 0.6 is 0 Å². The minimum absolute atomic E-state index is 0.0467. The van der Waals surface area contributed by atoms with Gasteiger partial charge in [0.15, 0.2) is 0 Å². The Balaban J connectivity index is 2.97. The van der Waals surface area contributed by atoms with Crippen molar-refractivity contribution in [2.75, 3.05) is 17.6 Å². The van der Waals surface area contributed by atoms with Crippen LogP contribution in [-0.2, 0) is 10.0 Å². The van der Waals surface area contributed by atoms with E-state index in [9.17, 15) is 8.42 Å². The number of methoxy groups -OCH3 is 1. The first-order valence-corrected chi connectivity index (χ1v) is 5.88. The van der Waals surface area contributed by atoms with Gasteiger partial charge in [0.1, 0.15) is 5.75 Å². The summed E-state index contributed by atoms with van der Waals surface area (Å²) in [5.41, 5.74) is 0.469. The third-order valence-corrected chi connectivity index (χ3v) is 3.04. The van der Waals surface area contributed by atoms with E-state index in [4.69, 9.17) is 4.74 Å². The summed E-state index contributed by atoms with van der Waals surface area (Å²) >= 11 is 0. The lowest BCUT2D eigenvalue weighted by Crippen LogP contribution is -2.15. The van der Waals surface area contributed by atoms with E-state index in [1.54, 1.807) is 31.2 Å². The number of nitrogens with one attached hydrogen (secondary N) is 1. The normalized spacial score (nSPS) is 11.0. The molecule has 0 fully saturated rings. The van der Waals surface area contributed by atoms with E-state index in [2.05, 4.69) is 4.72 Å². The summed E-state index contributed by atoms with van der Waals surface area (Å²) in [6.45, 7) is 1.58. The molecule has 0 atom stereocenters. The summed E-state index contributed by atoms with van der Waals surface area (Å²) in [7, 11) is -1.74. The van der Waals surface area contributed by atoms with Crippen LogP contribution in [0.2, 0.25) is 0 Å². The van der Waals surface area contributed by atoms with Crippen LogP contribution in [0.25, 0.3) is 0 Å². The first kappa shape index (κ1) is 10.8. The molecule has 0 radical (unpaired) electrons. The van der Waals surface area contributed by atoms with Crippen molar-refractivity contribution in [1.82, 2.24) is 0 Å². The maximum absolute atomic E-state index is 11.3. The molecule has 0 unspecified atom stereocenters. The van der Waals surface area contributed by atoms with Gasteiger partial charge >= 0.3 is 0 Å². The molecule has 1 aromatic carbocycles. The Morgan fingerprint density at radius 3 is 2.57 bits per heavy atom. The van der Waals surface area contributed by atoms with Crippen LogP contribution < -0.4 is 9.46 Å². The Labute approximate surface area is 84.0 Å². The monoisotopic (exact) mass is 215 g/mol. The van der Waals surface area contributed by atoms with Crippen LogP contribution in [0.15, 0.2) is 24.3 Å². The molecule has 0 aliphatic carbocycles. The Bertz CT molecular complexity index is 400. The number of rotatable bonds is 4. The molecule has 5 heteroatoms. The zero-order valence-electron chi connectivity index (χ0n) is 8.15. The van der Waals surface area contributed by atoms with E-state index in [0.29, 0.717) is 11.4 Å². The van der Waals surface area contributed by atoms with Crippen LogP contribution in [0.4, 0.5) is 5.69 Å². The highest BCUT2D eigenvalue weighted by molar-refractivity contribution is 7.92. The number of sulfonamides is 1. The number of benzene rings is 1. The summed E-state index contributed by atoms with van der Waals surface area (Å²) in [6, 6.07) is 6.89. The number of anilines is 1. The number of hydrogen-bond acceptors (Lipinski definition) is 3. The predicted molar refractivity (Wildman–Crippen MR) is 56.1 cm³/mol. The van der Waals surface area contributed by atoms with Crippen LogP contribution in [0.5, 0.6) is 5.75 Å². The molecule has 0 bridgehead atoms. The molecule has 0 aliphatic rings. The van der Waals surface area contributed by atoms with Gasteiger partial charge in [0, 0.05) is 0 Å². The van der Waals surface area contributed by atoms with Crippen molar-refractivity contribution in [3.05, 3.63) is 24.3 Å². The lowest BCUT2D eigenvalue weighted by Gasteiger charge is -2.09. The maximum Gasteiger partial charge on any atom is 0.232 e. The van der Waals surface area contributed by atoms with Gasteiger partial charge in [0.25, 0.3) is 0 Å². The fourth-order valence-corrected chi connectivity index (χ4v) is 1.62. The zero-order chi connectivity index (χ0) is 10.6. The standard InChI is InChI=1S/C9H13NO3S/c1-3-14(11,12)10-8-6-4-5-7-9(8)13-2/h4-7,10H,3H2,1-2H3. The Kier molecular flexibility index (Phi) is 3.35. The van der Waals surface area contributed by atoms with Gasteiger partial charge in [-0.15, -0.1) is 0 Å². The Morgan fingerprint density at radius 2 is 2.00 bits per heavy atom. The maximum atomic E-state index is 11.3. The van der Waals surface area contributed by atoms with Crippen LogP contribution in [0.1, 0.15) is 6.92 Å². The quantitative estimate of drug-likeness (QED) is 0.827. The third kappa shape index (κ3) is 2.63. The van der Waals surface area contributed by atoms with Gasteiger partial charge in [0.05, 0.1) is 18.6 Å². The highest BCUT2D eigenvalue weighted by Gasteiger charge is 2.09. The van der Waals surface area contributed by atoms with Crippen molar-refractivity contribution in [3.63, 3.8) is 0 Å². The van der Waals surface area contributed by atoms with E-state index >= 15 is 0 Å². The lowest BCUT2D eigenvalue weighted by atomic mass is 10.3. The second-order valence-electron chi connectivity index (χ2n) is 2.71. The molecular formula is C9H13NO3S. The predicted octanol–water partition coefficient (Wildman–Crippen LogP) is 1.46. The highest BCUT2D eigenvalue weighted by Crippen LogP contribution is 2.23. The SMILES string of the molecule is CCS(=O)(=O)Nc1ccccc1OC. The summed E-state index contributed by atoms with van der Waals surface area (Å²) in [6.07, 6.45) is 0. The van der Waals surface area contributed by atoms with Crippen molar-refractivity contribution in [1.29, 1.82) is 0 Å². The second kappa shape index (κ2) is 4.32. The molecule has 0 heterocycles. The van der Waals surface area contributed by atoms with E-state index in [0.717, 1.165) is 0 Å².